The van der Waals surface area contributed by atoms with E-state index in [2.05, 4.69) is 51.6 Å². The van der Waals surface area contributed by atoms with E-state index in [0.717, 1.165) is 17.6 Å². The van der Waals surface area contributed by atoms with Gasteiger partial charge in [0, 0.05) is 12.5 Å². The average Bonchev–Trinajstić information content (AvgIpc) is 2.89. The van der Waals surface area contributed by atoms with Crippen LogP contribution in [0.4, 0.5) is 5.82 Å². The number of carbonyl (C=O) groups excluding carboxylic acids is 1. The van der Waals surface area contributed by atoms with Gasteiger partial charge in [-0.15, -0.1) is 0 Å². The molecule has 3 N–H and O–H groups in total. The molecule has 3 rings (SSSR count). The van der Waals surface area contributed by atoms with E-state index in [1.165, 1.54) is 6.33 Å². The summed E-state index contributed by atoms with van der Waals surface area (Å²) in [5.41, 5.74) is 0.677. The fourth-order valence-electron chi connectivity index (χ4n) is 2.83. The standard InChI is InChI=1S/C14H20N6O/c1-14(2,3)11-9(4-5-10(21)19-11)18-12-8-6-17-20-13(8)16-7-15-12/h6-7,9,11H,4-5H2,1-3H3,(H,19,21)(H2,15,16,17,18,20)/t9-,11-/m1/s1. The van der Waals surface area contributed by atoms with Crippen molar-refractivity contribution in [3.8, 4) is 0 Å². The summed E-state index contributed by atoms with van der Waals surface area (Å²) in [6, 6.07) is 0.186. The maximum absolute atomic E-state index is 11.7. The van der Waals surface area contributed by atoms with Gasteiger partial charge in [0.25, 0.3) is 0 Å². The molecule has 3 heterocycles. The van der Waals surface area contributed by atoms with Crippen molar-refractivity contribution in [2.45, 2.75) is 45.7 Å². The normalized spacial score (nSPS) is 23.1. The van der Waals surface area contributed by atoms with E-state index in [1.807, 2.05) is 0 Å². The largest absolute Gasteiger partial charge is 0.365 e. The van der Waals surface area contributed by atoms with Crippen LogP contribution >= 0.6 is 0 Å². The van der Waals surface area contributed by atoms with Crippen LogP contribution in [0.5, 0.6) is 0 Å². The lowest BCUT2D eigenvalue weighted by molar-refractivity contribution is -0.124. The highest BCUT2D eigenvalue weighted by molar-refractivity contribution is 5.86. The molecule has 2 atom stereocenters. The van der Waals surface area contributed by atoms with E-state index in [1.54, 1.807) is 6.20 Å². The third kappa shape index (κ3) is 2.68. The fraction of sp³-hybridized carbons (Fsp3) is 0.571. The number of rotatable bonds is 2. The summed E-state index contributed by atoms with van der Waals surface area (Å²) in [5, 5.41) is 14.3. The zero-order valence-electron chi connectivity index (χ0n) is 12.5. The van der Waals surface area contributed by atoms with Crippen LogP contribution in [-0.4, -0.2) is 38.2 Å². The first-order chi connectivity index (χ1) is 9.95. The van der Waals surface area contributed by atoms with E-state index in [-0.39, 0.29) is 23.4 Å². The van der Waals surface area contributed by atoms with Gasteiger partial charge in [-0.05, 0) is 11.8 Å². The molecule has 2 aromatic rings. The lowest BCUT2D eigenvalue weighted by Gasteiger charge is -2.41. The Labute approximate surface area is 122 Å². The number of aromatic nitrogens is 4. The number of hydrogen-bond acceptors (Lipinski definition) is 5. The van der Waals surface area contributed by atoms with Gasteiger partial charge in [-0.2, -0.15) is 5.10 Å². The Hall–Kier alpha value is -2.18. The van der Waals surface area contributed by atoms with Crippen molar-refractivity contribution in [1.29, 1.82) is 0 Å². The Morgan fingerprint density at radius 2 is 2.14 bits per heavy atom. The molecule has 0 aromatic carbocycles. The van der Waals surface area contributed by atoms with Gasteiger partial charge in [0.05, 0.1) is 17.6 Å². The number of nitrogens with one attached hydrogen (secondary N) is 3. The Kier molecular flexibility index (Phi) is 3.27. The summed E-state index contributed by atoms with van der Waals surface area (Å²) in [5.74, 6) is 0.869. The van der Waals surface area contributed by atoms with E-state index in [4.69, 9.17) is 0 Å². The zero-order valence-corrected chi connectivity index (χ0v) is 12.5. The molecule has 0 unspecified atom stereocenters. The smallest absolute Gasteiger partial charge is 0.220 e. The second-order valence-electron chi connectivity index (χ2n) is 6.56. The van der Waals surface area contributed by atoms with Crippen molar-refractivity contribution in [2.75, 3.05) is 5.32 Å². The molecular formula is C14H20N6O. The molecule has 21 heavy (non-hydrogen) atoms. The van der Waals surface area contributed by atoms with Crippen molar-refractivity contribution >= 4 is 22.8 Å². The lowest BCUT2D eigenvalue weighted by Crippen LogP contribution is -2.57. The van der Waals surface area contributed by atoms with Crippen LogP contribution in [0.1, 0.15) is 33.6 Å². The Balaban J connectivity index is 1.88. The molecule has 7 nitrogen and oxygen atoms in total. The number of fused-ring (bicyclic) bond motifs is 1. The van der Waals surface area contributed by atoms with Crippen LogP contribution in [0.15, 0.2) is 12.5 Å². The molecule has 1 amide bonds. The number of amides is 1. The number of anilines is 1. The summed E-state index contributed by atoms with van der Waals surface area (Å²) in [6.07, 6.45) is 4.54. The van der Waals surface area contributed by atoms with Crippen LogP contribution in [0.25, 0.3) is 11.0 Å². The number of hydrogen-bond donors (Lipinski definition) is 3. The highest BCUT2D eigenvalue weighted by Crippen LogP contribution is 2.29. The number of nitrogens with zero attached hydrogens (tertiary/aromatic N) is 3. The summed E-state index contributed by atoms with van der Waals surface area (Å²) in [7, 11) is 0. The molecule has 2 aromatic heterocycles. The fourth-order valence-corrected chi connectivity index (χ4v) is 2.83. The van der Waals surface area contributed by atoms with Gasteiger partial charge in [-0.25, -0.2) is 9.97 Å². The molecule has 1 fully saturated rings. The van der Waals surface area contributed by atoms with Gasteiger partial charge in [0.1, 0.15) is 12.1 Å². The lowest BCUT2D eigenvalue weighted by atomic mass is 9.79. The minimum atomic E-state index is -0.0315. The highest BCUT2D eigenvalue weighted by atomic mass is 16.1. The molecule has 1 saturated heterocycles. The topological polar surface area (TPSA) is 95.6 Å². The van der Waals surface area contributed by atoms with Gasteiger partial charge in [0.2, 0.25) is 5.91 Å². The second kappa shape index (κ2) is 4.98. The molecule has 0 spiro atoms. The van der Waals surface area contributed by atoms with E-state index < -0.39 is 0 Å². The molecule has 0 aliphatic carbocycles. The van der Waals surface area contributed by atoms with Crippen LogP contribution in [0.3, 0.4) is 0 Å². The third-order valence-electron chi connectivity index (χ3n) is 3.90. The zero-order chi connectivity index (χ0) is 15.0. The summed E-state index contributed by atoms with van der Waals surface area (Å²) in [6.45, 7) is 6.39. The quantitative estimate of drug-likeness (QED) is 0.777. The first-order valence-electron chi connectivity index (χ1n) is 7.15. The number of piperidine rings is 1. The van der Waals surface area contributed by atoms with Crippen LogP contribution in [-0.2, 0) is 4.79 Å². The summed E-state index contributed by atoms with van der Waals surface area (Å²) < 4.78 is 0. The first-order valence-corrected chi connectivity index (χ1v) is 7.15. The van der Waals surface area contributed by atoms with Crippen LogP contribution in [0, 0.1) is 5.41 Å². The minimum Gasteiger partial charge on any atom is -0.365 e. The first kappa shape index (κ1) is 13.8. The summed E-state index contributed by atoms with van der Waals surface area (Å²) >= 11 is 0. The van der Waals surface area contributed by atoms with Gasteiger partial charge in [0.15, 0.2) is 5.65 Å². The van der Waals surface area contributed by atoms with Crippen LogP contribution < -0.4 is 10.6 Å². The molecule has 1 aliphatic heterocycles. The van der Waals surface area contributed by atoms with Crippen molar-refractivity contribution < 1.29 is 4.79 Å². The predicted molar refractivity (Wildman–Crippen MR) is 79.7 cm³/mol. The minimum absolute atomic E-state index is 0.0315. The van der Waals surface area contributed by atoms with Gasteiger partial charge < -0.3 is 10.6 Å². The summed E-state index contributed by atoms with van der Waals surface area (Å²) in [4.78, 5) is 20.2. The average molecular weight is 288 g/mol. The van der Waals surface area contributed by atoms with E-state index in [9.17, 15) is 4.79 Å². The molecule has 0 bridgehead atoms. The Morgan fingerprint density at radius 1 is 1.33 bits per heavy atom. The monoisotopic (exact) mass is 288 g/mol. The van der Waals surface area contributed by atoms with Gasteiger partial charge in [-0.3, -0.25) is 9.89 Å². The maximum atomic E-state index is 11.7. The van der Waals surface area contributed by atoms with Crippen LogP contribution in [0.2, 0.25) is 0 Å². The molecular weight excluding hydrogens is 268 g/mol. The van der Waals surface area contributed by atoms with Crippen molar-refractivity contribution in [3.63, 3.8) is 0 Å². The molecule has 0 radical (unpaired) electrons. The van der Waals surface area contributed by atoms with Crippen molar-refractivity contribution in [2.24, 2.45) is 5.41 Å². The van der Waals surface area contributed by atoms with Gasteiger partial charge >= 0.3 is 0 Å². The third-order valence-corrected chi connectivity index (χ3v) is 3.90. The Bertz CT molecular complexity index is 659. The number of carbonyl (C=O) groups is 1. The molecule has 7 heteroatoms. The van der Waals surface area contributed by atoms with E-state index in [0.29, 0.717) is 12.1 Å². The molecule has 112 valence electrons. The second-order valence-corrected chi connectivity index (χ2v) is 6.56. The van der Waals surface area contributed by atoms with Crippen molar-refractivity contribution in [1.82, 2.24) is 25.5 Å². The molecule has 0 saturated carbocycles. The van der Waals surface area contributed by atoms with E-state index >= 15 is 0 Å². The molecule has 1 aliphatic rings. The maximum Gasteiger partial charge on any atom is 0.220 e. The van der Waals surface area contributed by atoms with Crippen molar-refractivity contribution in [3.05, 3.63) is 12.5 Å². The van der Waals surface area contributed by atoms with Gasteiger partial charge in [-0.1, -0.05) is 20.8 Å². The number of aromatic amines is 1. The SMILES string of the molecule is CC(C)(C)[C@@H]1NC(=O)CC[C@H]1Nc1ncnc2[nH]ncc12. The number of H-pyrrole nitrogens is 1. The highest BCUT2D eigenvalue weighted by Gasteiger charge is 2.37. The Morgan fingerprint density at radius 3 is 2.90 bits per heavy atom. The predicted octanol–water partition coefficient (Wildman–Crippen LogP) is 1.46.